The lowest BCUT2D eigenvalue weighted by atomic mass is 10.1. The largest absolute Gasteiger partial charge is 0.507 e. The molecule has 32 heavy (non-hydrogen) atoms. The SMILES string of the molecule is COc1ccccc1N1C[C@@H](C(=O)OC/C(O)=C(\C#N)c2nc3ccccc3[nH]2)CC1=O. The zero-order valence-electron chi connectivity index (χ0n) is 17.2. The highest BCUT2D eigenvalue weighted by molar-refractivity contribution is 6.00. The Bertz CT molecular complexity index is 1220. The zero-order chi connectivity index (χ0) is 22.7. The van der Waals surface area contributed by atoms with Crippen LogP contribution >= 0.6 is 0 Å². The molecule has 0 saturated carbocycles. The molecular weight excluding hydrogens is 412 g/mol. The van der Waals surface area contributed by atoms with Crippen molar-refractivity contribution in [2.24, 2.45) is 5.92 Å². The van der Waals surface area contributed by atoms with E-state index in [0.29, 0.717) is 22.5 Å². The molecule has 0 unspecified atom stereocenters. The normalized spacial score (nSPS) is 16.6. The van der Waals surface area contributed by atoms with E-state index in [1.807, 2.05) is 18.2 Å². The van der Waals surface area contributed by atoms with Crippen LogP contribution in [0.5, 0.6) is 5.75 Å². The second kappa shape index (κ2) is 8.81. The molecule has 2 heterocycles. The van der Waals surface area contributed by atoms with Crippen molar-refractivity contribution in [3.8, 4) is 11.8 Å². The minimum Gasteiger partial charge on any atom is -0.507 e. The predicted molar refractivity (Wildman–Crippen MR) is 116 cm³/mol. The molecule has 9 nitrogen and oxygen atoms in total. The number of carbonyl (C=O) groups is 2. The third kappa shape index (κ3) is 3.98. The van der Waals surface area contributed by atoms with Gasteiger partial charge in [0.1, 0.15) is 24.0 Å². The maximum atomic E-state index is 12.5. The lowest BCUT2D eigenvalue weighted by Crippen LogP contribution is -2.27. The van der Waals surface area contributed by atoms with Crippen LogP contribution < -0.4 is 9.64 Å². The van der Waals surface area contributed by atoms with E-state index in [4.69, 9.17) is 9.47 Å². The van der Waals surface area contributed by atoms with Crippen molar-refractivity contribution in [1.82, 2.24) is 9.97 Å². The number of rotatable bonds is 6. The summed E-state index contributed by atoms with van der Waals surface area (Å²) < 4.78 is 10.5. The number of anilines is 1. The molecule has 1 amide bonds. The van der Waals surface area contributed by atoms with Gasteiger partial charge in [-0.3, -0.25) is 9.59 Å². The molecule has 1 aliphatic heterocycles. The molecule has 0 radical (unpaired) electrons. The molecule has 1 saturated heterocycles. The van der Waals surface area contributed by atoms with Gasteiger partial charge in [-0.2, -0.15) is 5.26 Å². The minimum absolute atomic E-state index is 0.0178. The Hall–Kier alpha value is -4.32. The number of ether oxygens (including phenoxy) is 2. The van der Waals surface area contributed by atoms with E-state index in [1.165, 1.54) is 12.0 Å². The van der Waals surface area contributed by atoms with Crippen molar-refractivity contribution in [1.29, 1.82) is 5.26 Å². The van der Waals surface area contributed by atoms with Crippen LogP contribution in [0.25, 0.3) is 16.6 Å². The van der Waals surface area contributed by atoms with Crippen LogP contribution in [0.15, 0.2) is 54.3 Å². The summed E-state index contributed by atoms with van der Waals surface area (Å²) in [4.78, 5) is 33.7. The maximum Gasteiger partial charge on any atom is 0.311 e. The lowest BCUT2D eigenvalue weighted by Gasteiger charge is -2.19. The number of aromatic amines is 1. The van der Waals surface area contributed by atoms with Crippen molar-refractivity contribution in [3.05, 3.63) is 60.1 Å². The average Bonchev–Trinajstić information content (AvgIpc) is 3.41. The number of hydrogen-bond acceptors (Lipinski definition) is 7. The number of nitrogens with one attached hydrogen (secondary N) is 1. The van der Waals surface area contributed by atoms with Gasteiger partial charge in [-0.1, -0.05) is 24.3 Å². The van der Waals surface area contributed by atoms with Crippen molar-refractivity contribution < 1.29 is 24.2 Å². The van der Waals surface area contributed by atoms with Gasteiger partial charge in [-0.05, 0) is 24.3 Å². The highest BCUT2D eigenvalue weighted by atomic mass is 16.5. The number of para-hydroxylation sites is 4. The summed E-state index contributed by atoms with van der Waals surface area (Å²) in [6.07, 6.45) is -0.0178. The van der Waals surface area contributed by atoms with Crippen LogP contribution in [0.3, 0.4) is 0 Å². The van der Waals surface area contributed by atoms with E-state index in [-0.39, 0.29) is 30.3 Å². The molecule has 3 aromatic rings. The number of hydrogen-bond donors (Lipinski definition) is 2. The quantitative estimate of drug-likeness (QED) is 0.348. The second-order valence-electron chi connectivity index (χ2n) is 7.22. The standard InChI is InChI=1S/C23H20N4O5/c1-31-20-9-5-4-8-18(20)27-12-14(10-21(27)29)23(30)32-13-19(28)15(11-24)22-25-16-6-2-3-7-17(16)26-22/h2-9,14,28H,10,12-13H2,1H3,(H,25,26)/b19-15-/t14-/m0/s1. The highest BCUT2D eigenvalue weighted by Gasteiger charge is 2.37. The van der Waals surface area contributed by atoms with Crippen LogP contribution in [-0.4, -0.2) is 47.2 Å². The van der Waals surface area contributed by atoms with Gasteiger partial charge in [0.15, 0.2) is 11.6 Å². The van der Waals surface area contributed by atoms with Gasteiger partial charge >= 0.3 is 5.97 Å². The van der Waals surface area contributed by atoms with Crippen molar-refractivity contribution >= 4 is 34.2 Å². The van der Waals surface area contributed by atoms with Crippen molar-refractivity contribution in [2.45, 2.75) is 6.42 Å². The third-order valence-corrected chi connectivity index (χ3v) is 5.21. The molecule has 2 aromatic carbocycles. The molecule has 2 N–H and O–H groups in total. The number of aliphatic hydroxyl groups is 1. The maximum absolute atomic E-state index is 12.5. The van der Waals surface area contributed by atoms with Crippen molar-refractivity contribution in [2.75, 3.05) is 25.2 Å². The van der Waals surface area contributed by atoms with E-state index in [9.17, 15) is 20.0 Å². The first kappa shape index (κ1) is 20.9. The van der Waals surface area contributed by atoms with Gasteiger partial charge in [0.05, 0.1) is 29.7 Å². The molecule has 1 fully saturated rings. The summed E-state index contributed by atoms with van der Waals surface area (Å²) in [6.45, 7) is -0.366. The number of amides is 1. The number of nitriles is 1. The van der Waals surface area contributed by atoms with E-state index in [0.717, 1.165) is 0 Å². The Kier molecular flexibility index (Phi) is 5.77. The molecule has 9 heteroatoms. The number of methoxy groups -OCH3 is 1. The summed E-state index contributed by atoms with van der Waals surface area (Å²) in [5.41, 5.74) is 1.81. The van der Waals surface area contributed by atoms with Crippen LogP contribution in [0, 0.1) is 17.2 Å². The number of aromatic nitrogens is 2. The fourth-order valence-corrected chi connectivity index (χ4v) is 3.61. The van der Waals surface area contributed by atoms with E-state index < -0.39 is 24.3 Å². The average molecular weight is 432 g/mol. The Morgan fingerprint density at radius 1 is 1.28 bits per heavy atom. The van der Waals surface area contributed by atoms with Gasteiger partial charge in [0.2, 0.25) is 5.91 Å². The molecule has 1 aliphatic rings. The molecule has 4 rings (SSSR count). The molecule has 162 valence electrons. The number of esters is 1. The Balaban J connectivity index is 1.45. The molecule has 0 spiro atoms. The van der Waals surface area contributed by atoms with Crippen LogP contribution in [0.4, 0.5) is 5.69 Å². The molecular formula is C23H20N4O5. The smallest absolute Gasteiger partial charge is 0.311 e. The van der Waals surface area contributed by atoms with Crippen LogP contribution in [0.2, 0.25) is 0 Å². The van der Waals surface area contributed by atoms with Crippen LogP contribution in [0.1, 0.15) is 12.2 Å². The third-order valence-electron chi connectivity index (χ3n) is 5.21. The van der Waals surface area contributed by atoms with E-state index in [1.54, 1.807) is 36.4 Å². The van der Waals surface area contributed by atoms with Gasteiger partial charge in [-0.25, -0.2) is 4.98 Å². The zero-order valence-corrected chi connectivity index (χ0v) is 17.2. The predicted octanol–water partition coefficient (Wildman–Crippen LogP) is 2.96. The van der Waals surface area contributed by atoms with Gasteiger partial charge in [0.25, 0.3) is 0 Å². The van der Waals surface area contributed by atoms with Gasteiger partial charge in [0, 0.05) is 13.0 Å². The second-order valence-corrected chi connectivity index (χ2v) is 7.22. The monoisotopic (exact) mass is 432 g/mol. The first-order valence-corrected chi connectivity index (χ1v) is 9.89. The number of benzene rings is 2. The minimum atomic E-state index is -0.697. The number of fused-ring (bicyclic) bond motifs is 1. The van der Waals surface area contributed by atoms with Crippen LogP contribution in [-0.2, 0) is 14.3 Å². The number of carbonyl (C=O) groups excluding carboxylic acids is 2. The number of H-pyrrole nitrogens is 1. The summed E-state index contributed by atoms with van der Waals surface area (Å²) in [7, 11) is 1.51. The molecule has 1 atom stereocenters. The van der Waals surface area contributed by atoms with Gasteiger partial charge < -0.3 is 24.5 Å². The molecule has 0 bridgehead atoms. The summed E-state index contributed by atoms with van der Waals surface area (Å²) in [6, 6.07) is 16.1. The Labute approximate surface area is 183 Å². The summed E-state index contributed by atoms with van der Waals surface area (Å²) >= 11 is 0. The summed E-state index contributed by atoms with van der Waals surface area (Å²) in [5.74, 6) is -1.27. The number of imidazole rings is 1. The Morgan fingerprint density at radius 3 is 2.78 bits per heavy atom. The molecule has 0 aliphatic carbocycles. The number of nitrogens with zero attached hydrogens (tertiary/aromatic N) is 3. The van der Waals surface area contributed by atoms with Crippen molar-refractivity contribution in [3.63, 3.8) is 0 Å². The first-order chi connectivity index (χ1) is 15.5. The topological polar surface area (TPSA) is 129 Å². The van der Waals surface area contributed by atoms with E-state index in [2.05, 4.69) is 9.97 Å². The fraction of sp³-hybridized carbons (Fsp3) is 0.217. The number of allylic oxidation sites excluding steroid dienone is 1. The van der Waals surface area contributed by atoms with E-state index >= 15 is 0 Å². The molecule has 1 aromatic heterocycles. The number of aliphatic hydroxyl groups excluding tert-OH is 1. The summed E-state index contributed by atoms with van der Waals surface area (Å²) in [5, 5.41) is 19.8. The fourth-order valence-electron chi connectivity index (χ4n) is 3.61. The first-order valence-electron chi connectivity index (χ1n) is 9.89. The Morgan fingerprint density at radius 2 is 2.03 bits per heavy atom. The highest BCUT2D eigenvalue weighted by Crippen LogP contribution is 2.33. The lowest BCUT2D eigenvalue weighted by molar-refractivity contribution is -0.148. The van der Waals surface area contributed by atoms with Gasteiger partial charge in [-0.15, -0.1) is 0 Å².